The van der Waals surface area contributed by atoms with Crippen LogP contribution in [0.25, 0.3) is 11.0 Å². The van der Waals surface area contributed by atoms with E-state index in [-0.39, 0.29) is 5.56 Å². The van der Waals surface area contributed by atoms with Gasteiger partial charge in [-0.15, -0.1) is 0 Å². The Morgan fingerprint density at radius 1 is 1.26 bits per heavy atom. The fourth-order valence-corrected chi connectivity index (χ4v) is 3.96. The summed E-state index contributed by atoms with van der Waals surface area (Å²) in [6, 6.07) is 5.41. The van der Waals surface area contributed by atoms with Gasteiger partial charge in [-0.25, -0.2) is 4.98 Å². The fraction of sp³-hybridized carbons (Fsp3) is 0.579. The summed E-state index contributed by atoms with van der Waals surface area (Å²) < 4.78 is 0. The smallest absolute Gasteiger partial charge is 0.270 e. The quantitative estimate of drug-likeness (QED) is 0.746. The molecule has 1 aromatic heterocycles. The molecule has 0 saturated heterocycles. The van der Waals surface area contributed by atoms with Crippen LogP contribution in [0.4, 0.5) is 0 Å². The first-order chi connectivity index (χ1) is 11.1. The zero-order chi connectivity index (χ0) is 16.2. The molecule has 0 spiro atoms. The minimum Gasteiger partial charge on any atom is -0.319 e. The van der Waals surface area contributed by atoms with E-state index < -0.39 is 0 Å². The van der Waals surface area contributed by atoms with Crippen molar-refractivity contribution in [2.75, 3.05) is 0 Å². The van der Waals surface area contributed by atoms with Crippen LogP contribution in [-0.2, 0) is 6.42 Å². The van der Waals surface area contributed by atoms with Gasteiger partial charge in [0.05, 0.1) is 11.0 Å². The Labute approximate surface area is 142 Å². The SMILES string of the molecule is CC1CCC[C@H]1CCCCCc1nc2ccc(Cl)cc2[nH]c1=O. The van der Waals surface area contributed by atoms with Crippen LogP contribution < -0.4 is 5.56 Å². The number of unbranched alkanes of at least 4 members (excludes halogenated alkanes) is 2. The molecule has 2 atom stereocenters. The zero-order valence-electron chi connectivity index (χ0n) is 13.8. The van der Waals surface area contributed by atoms with Crippen LogP contribution in [0.2, 0.25) is 5.02 Å². The van der Waals surface area contributed by atoms with Crippen LogP contribution in [0.15, 0.2) is 23.0 Å². The third-order valence-electron chi connectivity index (χ3n) is 5.25. The molecule has 1 aliphatic rings. The highest BCUT2D eigenvalue weighted by molar-refractivity contribution is 6.31. The molecule has 23 heavy (non-hydrogen) atoms. The number of benzene rings is 1. The van der Waals surface area contributed by atoms with Gasteiger partial charge in [-0.1, -0.05) is 57.0 Å². The molecule has 124 valence electrons. The predicted molar refractivity (Wildman–Crippen MR) is 96.1 cm³/mol. The van der Waals surface area contributed by atoms with Crippen molar-refractivity contribution < 1.29 is 0 Å². The average molecular weight is 333 g/mol. The van der Waals surface area contributed by atoms with E-state index in [1.165, 1.54) is 38.5 Å². The Hall–Kier alpha value is -1.35. The maximum atomic E-state index is 12.1. The summed E-state index contributed by atoms with van der Waals surface area (Å²) in [5.74, 6) is 1.84. The highest BCUT2D eigenvalue weighted by atomic mass is 35.5. The third-order valence-corrected chi connectivity index (χ3v) is 5.49. The minimum atomic E-state index is -0.0795. The van der Waals surface area contributed by atoms with Crippen molar-refractivity contribution in [2.45, 2.75) is 58.3 Å². The molecule has 0 bridgehead atoms. The van der Waals surface area contributed by atoms with Crippen LogP contribution in [0.5, 0.6) is 0 Å². The first-order valence-corrected chi connectivity index (χ1v) is 9.20. The lowest BCUT2D eigenvalue weighted by molar-refractivity contribution is 0.375. The number of aromatic amines is 1. The van der Waals surface area contributed by atoms with Crippen molar-refractivity contribution in [1.82, 2.24) is 9.97 Å². The molecule has 1 aliphatic carbocycles. The van der Waals surface area contributed by atoms with Gasteiger partial charge in [-0.3, -0.25) is 4.79 Å². The second kappa shape index (κ2) is 7.48. The number of fused-ring (bicyclic) bond motifs is 1. The first kappa shape index (κ1) is 16.5. The van der Waals surface area contributed by atoms with E-state index in [4.69, 9.17) is 11.6 Å². The molecule has 0 amide bonds. The van der Waals surface area contributed by atoms with Crippen LogP contribution in [0.1, 0.15) is 57.6 Å². The number of nitrogens with one attached hydrogen (secondary N) is 1. The van der Waals surface area contributed by atoms with E-state index in [0.29, 0.717) is 16.2 Å². The summed E-state index contributed by atoms with van der Waals surface area (Å²) in [5, 5.41) is 0.615. The van der Waals surface area contributed by atoms with Gasteiger partial charge in [0.2, 0.25) is 0 Å². The lowest BCUT2D eigenvalue weighted by Crippen LogP contribution is -2.15. The number of hydrogen-bond acceptors (Lipinski definition) is 2. The molecule has 1 fully saturated rings. The van der Waals surface area contributed by atoms with Gasteiger partial charge in [0.15, 0.2) is 0 Å². The highest BCUT2D eigenvalue weighted by Crippen LogP contribution is 2.34. The Morgan fingerprint density at radius 3 is 2.91 bits per heavy atom. The first-order valence-electron chi connectivity index (χ1n) is 8.82. The maximum Gasteiger partial charge on any atom is 0.270 e. The number of nitrogens with zero attached hydrogens (tertiary/aromatic N) is 1. The second-order valence-corrected chi connectivity index (χ2v) is 7.38. The van der Waals surface area contributed by atoms with Gasteiger partial charge in [-0.05, 0) is 42.9 Å². The molecule has 0 radical (unpaired) electrons. The van der Waals surface area contributed by atoms with E-state index in [0.717, 1.165) is 30.2 Å². The Kier molecular flexibility index (Phi) is 5.37. The summed E-state index contributed by atoms with van der Waals surface area (Å²) >= 11 is 5.94. The minimum absolute atomic E-state index is 0.0795. The molecule has 4 heteroatoms. The summed E-state index contributed by atoms with van der Waals surface area (Å²) in [4.78, 5) is 19.5. The van der Waals surface area contributed by atoms with E-state index in [2.05, 4.69) is 16.9 Å². The van der Waals surface area contributed by atoms with Crippen molar-refractivity contribution in [3.63, 3.8) is 0 Å². The van der Waals surface area contributed by atoms with Crippen molar-refractivity contribution in [3.05, 3.63) is 39.3 Å². The van der Waals surface area contributed by atoms with E-state index in [9.17, 15) is 4.79 Å². The molecule has 1 aromatic carbocycles. The molecular weight excluding hydrogens is 308 g/mol. The summed E-state index contributed by atoms with van der Waals surface area (Å²) in [6.07, 6.45) is 9.83. The number of aryl methyl sites for hydroxylation is 1. The number of aromatic nitrogens is 2. The normalized spacial score (nSPS) is 21.1. The molecule has 1 unspecified atom stereocenters. The Bertz CT molecular complexity index is 725. The maximum absolute atomic E-state index is 12.1. The summed E-state index contributed by atoms with van der Waals surface area (Å²) in [7, 11) is 0. The lowest BCUT2D eigenvalue weighted by Gasteiger charge is -2.14. The number of halogens is 1. The fourth-order valence-electron chi connectivity index (χ4n) is 3.79. The number of hydrogen-bond donors (Lipinski definition) is 1. The highest BCUT2D eigenvalue weighted by Gasteiger charge is 2.22. The third kappa shape index (κ3) is 4.14. The van der Waals surface area contributed by atoms with E-state index in [1.807, 2.05) is 12.1 Å². The standard InChI is InChI=1S/C19H25ClN2O/c1-13-6-5-8-14(13)7-3-2-4-9-17-19(23)22-18-12-15(20)10-11-16(18)21-17/h10-14H,2-9H2,1H3,(H,22,23)/t13?,14-/m1/s1. The lowest BCUT2D eigenvalue weighted by atomic mass is 9.92. The molecule has 3 nitrogen and oxygen atoms in total. The molecular formula is C19H25ClN2O. The molecule has 2 aromatic rings. The number of rotatable bonds is 6. The van der Waals surface area contributed by atoms with Crippen molar-refractivity contribution in [2.24, 2.45) is 11.8 Å². The van der Waals surface area contributed by atoms with Crippen LogP contribution >= 0.6 is 11.6 Å². The van der Waals surface area contributed by atoms with Gasteiger partial charge in [0.25, 0.3) is 5.56 Å². The summed E-state index contributed by atoms with van der Waals surface area (Å²) in [5.41, 5.74) is 2.09. The molecule has 3 rings (SSSR count). The van der Waals surface area contributed by atoms with Crippen LogP contribution in [0, 0.1) is 11.8 Å². The van der Waals surface area contributed by atoms with Crippen LogP contribution in [0.3, 0.4) is 0 Å². The average Bonchev–Trinajstić information content (AvgIpc) is 2.93. The zero-order valence-corrected chi connectivity index (χ0v) is 14.5. The van der Waals surface area contributed by atoms with Gasteiger partial charge in [0, 0.05) is 5.02 Å². The topological polar surface area (TPSA) is 45.8 Å². The van der Waals surface area contributed by atoms with Crippen molar-refractivity contribution in [1.29, 1.82) is 0 Å². The van der Waals surface area contributed by atoms with E-state index >= 15 is 0 Å². The monoisotopic (exact) mass is 332 g/mol. The Balaban J connectivity index is 1.52. The van der Waals surface area contributed by atoms with E-state index in [1.54, 1.807) is 6.07 Å². The van der Waals surface area contributed by atoms with Gasteiger partial charge in [0.1, 0.15) is 5.69 Å². The van der Waals surface area contributed by atoms with Gasteiger partial charge in [-0.2, -0.15) is 0 Å². The summed E-state index contributed by atoms with van der Waals surface area (Å²) in [6.45, 7) is 2.39. The molecule has 1 N–H and O–H groups in total. The molecule has 1 saturated carbocycles. The van der Waals surface area contributed by atoms with Gasteiger partial charge >= 0.3 is 0 Å². The van der Waals surface area contributed by atoms with Crippen molar-refractivity contribution in [3.8, 4) is 0 Å². The largest absolute Gasteiger partial charge is 0.319 e. The van der Waals surface area contributed by atoms with Crippen molar-refractivity contribution >= 4 is 22.6 Å². The molecule has 0 aliphatic heterocycles. The van der Waals surface area contributed by atoms with Gasteiger partial charge < -0.3 is 4.98 Å². The molecule has 1 heterocycles. The van der Waals surface area contributed by atoms with Crippen LogP contribution in [-0.4, -0.2) is 9.97 Å². The Morgan fingerprint density at radius 2 is 2.13 bits per heavy atom. The second-order valence-electron chi connectivity index (χ2n) is 6.94. The predicted octanol–water partition coefficient (Wildman–Crippen LogP) is 5.12. The number of H-pyrrole nitrogens is 1.